The molecule has 0 aliphatic carbocycles. The Morgan fingerprint density at radius 2 is 0.577 bits per heavy atom. The molecule has 8 aromatic carbocycles. The molecule has 0 unspecified atom stereocenters. The molecule has 1 heterocycles. The van der Waals surface area contributed by atoms with Gasteiger partial charge in [-0.15, -0.1) is 11.3 Å². The molecule has 248 valence electrons. The number of benzene rings is 8. The minimum atomic E-state index is 1.09. The van der Waals surface area contributed by atoms with Crippen molar-refractivity contribution in [3.63, 3.8) is 0 Å². The van der Waals surface area contributed by atoms with Crippen molar-refractivity contribution in [2.45, 2.75) is 0 Å². The molecule has 0 aliphatic heterocycles. The predicted octanol–water partition coefficient (Wildman–Crippen LogP) is 14.5. The summed E-state index contributed by atoms with van der Waals surface area (Å²) in [6.45, 7) is 0. The van der Waals surface area contributed by atoms with E-state index in [1.807, 2.05) is 11.3 Å². The minimum absolute atomic E-state index is 1.09. The second-order valence-electron chi connectivity index (χ2n) is 12.7. The van der Waals surface area contributed by atoms with Crippen LogP contribution >= 0.6 is 11.3 Å². The Bertz CT molecular complexity index is 2490. The first-order valence-corrected chi connectivity index (χ1v) is 18.3. The largest absolute Gasteiger partial charge is 0.310 e. The van der Waals surface area contributed by atoms with E-state index < -0.39 is 0 Å². The van der Waals surface area contributed by atoms with Gasteiger partial charge in [-0.2, -0.15) is 0 Å². The highest BCUT2D eigenvalue weighted by molar-refractivity contribution is 7.25. The Morgan fingerprint density at radius 1 is 0.231 bits per heavy atom. The first-order valence-electron chi connectivity index (χ1n) is 17.5. The minimum Gasteiger partial charge on any atom is -0.310 e. The summed E-state index contributed by atoms with van der Waals surface area (Å²) in [6.07, 6.45) is 0. The van der Waals surface area contributed by atoms with Crippen LogP contribution in [0.4, 0.5) is 51.2 Å². The Hall–Kier alpha value is -6.62. The summed E-state index contributed by atoms with van der Waals surface area (Å²) in [7, 11) is 0. The molecule has 0 amide bonds. The Labute approximate surface area is 308 Å². The van der Waals surface area contributed by atoms with Crippen molar-refractivity contribution in [3.05, 3.63) is 212 Å². The Balaban J connectivity index is 1.15. The van der Waals surface area contributed by atoms with Gasteiger partial charge in [-0.05, 0) is 109 Å². The van der Waals surface area contributed by atoms with Gasteiger partial charge in [-0.25, -0.2) is 0 Å². The van der Waals surface area contributed by atoms with Gasteiger partial charge in [0.15, 0.2) is 0 Å². The smallest absolute Gasteiger partial charge is 0.0482 e. The third-order valence-corrected chi connectivity index (χ3v) is 10.5. The van der Waals surface area contributed by atoms with Gasteiger partial charge >= 0.3 is 0 Å². The summed E-state index contributed by atoms with van der Waals surface area (Å²) in [4.78, 5) is 7.00. The van der Waals surface area contributed by atoms with Crippen molar-refractivity contribution in [3.8, 4) is 0 Å². The van der Waals surface area contributed by atoms with Crippen LogP contribution in [0.2, 0.25) is 0 Å². The Morgan fingerprint density at radius 3 is 1.02 bits per heavy atom. The van der Waals surface area contributed by atoms with Crippen molar-refractivity contribution in [2.75, 3.05) is 14.7 Å². The lowest BCUT2D eigenvalue weighted by Crippen LogP contribution is -2.13. The first kappa shape index (κ1) is 31.4. The first-order chi connectivity index (χ1) is 25.8. The van der Waals surface area contributed by atoms with Crippen LogP contribution in [0.15, 0.2) is 212 Å². The van der Waals surface area contributed by atoms with Crippen molar-refractivity contribution in [1.82, 2.24) is 0 Å². The quantitative estimate of drug-likeness (QED) is 0.150. The lowest BCUT2D eigenvalue weighted by Gasteiger charge is -2.29. The summed E-state index contributed by atoms with van der Waals surface area (Å²) in [5.41, 5.74) is 10.0. The second-order valence-corrected chi connectivity index (χ2v) is 13.8. The zero-order chi connectivity index (χ0) is 34.7. The van der Waals surface area contributed by atoms with Crippen molar-refractivity contribution < 1.29 is 0 Å². The van der Waals surface area contributed by atoms with Crippen LogP contribution in [0.3, 0.4) is 0 Å². The fourth-order valence-corrected chi connectivity index (χ4v) is 8.15. The molecule has 0 fully saturated rings. The number of nitrogens with zero attached hydrogens (tertiary/aromatic N) is 3. The average molecular weight is 686 g/mol. The van der Waals surface area contributed by atoms with E-state index >= 15 is 0 Å². The van der Waals surface area contributed by atoms with Gasteiger partial charge in [0, 0.05) is 71.4 Å². The molecule has 52 heavy (non-hydrogen) atoms. The molecule has 1 aromatic heterocycles. The van der Waals surface area contributed by atoms with Crippen LogP contribution in [0.25, 0.3) is 20.2 Å². The molecular weight excluding hydrogens is 651 g/mol. The molecular formula is C48H35N3S. The lowest BCUT2D eigenvalue weighted by molar-refractivity contribution is 1.25. The highest BCUT2D eigenvalue weighted by Crippen LogP contribution is 2.44. The zero-order valence-electron chi connectivity index (χ0n) is 28.5. The molecule has 0 saturated carbocycles. The third-order valence-electron chi connectivity index (χ3n) is 9.37. The maximum atomic E-state index is 2.36. The van der Waals surface area contributed by atoms with Gasteiger partial charge in [-0.3, -0.25) is 0 Å². The monoisotopic (exact) mass is 685 g/mol. The van der Waals surface area contributed by atoms with Gasteiger partial charge in [0.05, 0.1) is 0 Å². The highest BCUT2D eigenvalue weighted by atomic mass is 32.1. The van der Waals surface area contributed by atoms with E-state index in [2.05, 4.69) is 227 Å². The number of para-hydroxylation sites is 5. The van der Waals surface area contributed by atoms with Gasteiger partial charge in [-0.1, -0.05) is 103 Å². The van der Waals surface area contributed by atoms with Gasteiger partial charge in [0.2, 0.25) is 0 Å². The van der Waals surface area contributed by atoms with E-state index in [-0.39, 0.29) is 0 Å². The molecule has 9 rings (SSSR count). The van der Waals surface area contributed by atoms with Crippen LogP contribution in [0, 0.1) is 0 Å². The Kier molecular flexibility index (Phi) is 8.41. The maximum absolute atomic E-state index is 2.36. The lowest BCUT2D eigenvalue weighted by atomic mass is 10.1. The molecule has 0 radical (unpaired) electrons. The van der Waals surface area contributed by atoms with E-state index in [0.29, 0.717) is 0 Å². The van der Waals surface area contributed by atoms with E-state index in [1.54, 1.807) is 0 Å². The highest BCUT2D eigenvalue weighted by Gasteiger charge is 2.19. The van der Waals surface area contributed by atoms with Crippen molar-refractivity contribution in [2.24, 2.45) is 0 Å². The molecule has 0 bridgehead atoms. The van der Waals surface area contributed by atoms with Gasteiger partial charge in [0.25, 0.3) is 0 Å². The molecule has 9 aromatic rings. The summed E-state index contributed by atoms with van der Waals surface area (Å²) in [5.74, 6) is 0. The zero-order valence-corrected chi connectivity index (χ0v) is 29.3. The number of rotatable bonds is 9. The van der Waals surface area contributed by atoms with Gasteiger partial charge < -0.3 is 14.7 Å². The number of thiophene rings is 1. The second kappa shape index (κ2) is 13.9. The third kappa shape index (κ3) is 6.06. The SMILES string of the molecule is c1ccc(N(c2ccccc2)c2cccc(N(c3ccccc3)c3ccc4c(c3)sc3ccc(N(c5ccccc5)c5ccccc5)cc34)c2)cc1. The number of anilines is 9. The predicted molar refractivity (Wildman–Crippen MR) is 223 cm³/mol. The van der Waals surface area contributed by atoms with Crippen LogP contribution in [0.1, 0.15) is 0 Å². The number of hydrogen-bond acceptors (Lipinski definition) is 4. The molecule has 0 atom stereocenters. The summed E-state index contributed by atoms with van der Waals surface area (Å²) in [6, 6.07) is 75.6. The average Bonchev–Trinajstić information content (AvgIpc) is 3.58. The van der Waals surface area contributed by atoms with E-state index in [4.69, 9.17) is 0 Å². The van der Waals surface area contributed by atoms with Crippen LogP contribution in [0.5, 0.6) is 0 Å². The van der Waals surface area contributed by atoms with Crippen molar-refractivity contribution in [1.29, 1.82) is 0 Å². The van der Waals surface area contributed by atoms with Crippen LogP contribution in [-0.2, 0) is 0 Å². The standard InChI is InChI=1S/C48H35N3S/c1-6-17-36(18-7-1)49(37-19-8-2-9-20-37)41-27-16-28-42(33-41)51(40-25-14-5-15-26-40)44-29-31-45-46-34-43(30-32-47(46)52-48(45)35-44)50(38-21-10-3-11-22-38)39-23-12-4-13-24-39/h1-35H. The molecule has 0 saturated heterocycles. The number of hydrogen-bond donors (Lipinski definition) is 0. The van der Waals surface area contributed by atoms with Crippen LogP contribution in [-0.4, -0.2) is 0 Å². The van der Waals surface area contributed by atoms with Gasteiger partial charge in [0.1, 0.15) is 0 Å². The normalized spacial score (nSPS) is 11.1. The molecule has 0 N–H and O–H groups in total. The molecule has 4 heteroatoms. The number of fused-ring (bicyclic) bond motifs is 3. The fourth-order valence-electron chi connectivity index (χ4n) is 7.03. The summed E-state index contributed by atoms with van der Waals surface area (Å²) >= 11 is 1.84. The van der Waals surface area contributed by atoms with E-state index in [9.17, 15) is 0 Å². The van der Waals surface area contributed by atoms with E-state index in [1.165, 1.54) is 20.2 Å². The van der Waals surface area contributed by atoms with Crippen LogP contribution < -0.4 is 14.7 Å². The maximum Gasteiger partial charge on any atom is 0.0482 e. The van der Waals surface area contributed by atoms with Crippen molar-refractivity contribution >= 4 is 82.7 Å². The fraction of sp³-hybridized carbons (Fsp3) is 0. The summed E-state index contributed by atoms with van der Waals surface area (Å²) in [5, 5.41) is 2.52. The van der Waals surface area contributed by atoms with E-state index in [0.717, 1.165) is 51.2 Å². The molecule has 0 spiro atoms. The molecule has 0 aliphatic rings. The summed E-state index contributed by atoms with van der Waals surface area (Å²) < 4.78 is 2.52. The molecule has 3 nitrogen and oxygen atoms in total. The topological polar surface area (TPSA) is 9.72 Å².